The van der Waals surface area contributed by atoms with Crippen LogP contribution >= 0.6 is 0 Å². The maximum Gasteiger partial charge on any atom is 0.322 e. The Labute approximate surface area is 95.2 Å². The average Bonchev–Trinajstić information content (AvgIpc) is 2.15. The fraction of sp³-hybridized carbons (Fsp3) is 0.875. The Hall–Kier alpha value is -0.700. The Balaban J connectivity index is 3.71. The minimum Gasteiger partial charge on any atom is -0.468 e. The lowest BCUT2D eigenvalue weighted by molar-refractivity contribution is -0.137. The van der Waals surface area contributed by atoms with E-state index in [0.29, 0.717) is 13.1 Å². The summed E-state index contributed by atoms with van der Waals surface area (Å²) < 4.78 is 28.9. The van der Waals surface area contributed by atoms with Crippen LogP contribution in [-0.2, 0) is 19.6 Å². The quantitative estimate of drug-likeness (QED) is 0.343. The number of ether oxygens (including phenoxy) is 1. The Morgan fingerprint density at radius 2 is 2.06 bits per heavy atom. The van der Waals surface area contributed by atoms with Crippen LogP contribution in [0.5, 0.6) is 0 Å². The zero-order valence-electron chi connectivity index (χ0n) is 9.39. The molecule has 0 saturated heterocycles. The number of aliphatic hydroxyl groups excluding tert-OH is 1. The number of hydrogen-bond donors (Lipinski definition) is 3. The number of nitrogens with one attached hydrogen (secondary N) is 2. The SMILES string of the molecule is COC(=O)CS(=O)(=O)NCCNCC(C)O. The Morgan fingerprint density at radius 3 is 2.56 bits per heavy atom. The fourth-order valence-corrected chi connectivity index (χ4v) is 1.81. The summed E-state index contributed by atoms with van der Waals surface area (Å²) in [6, 6.07) is 0. The molecule has 0 aromatic heterocycles. The maximum absolute atomic E-state index is 11.2. The second-order valence-electron chi connectivity index (χ2n) is 3.28. The molecule has 0 aliphatic carbocycles. The van der Waals surface area contributed by atoms with Gasteiger partial charge in [0.05, 0.1) is 13.2 Å². The molecule has 0 heterocycles. The molecule has 0 bridgehead atoms. The monoisotopic (exact) mass is 254 g/mol. The normalized spacial score (nSPS) is 13.4. The molecule has 1 unspecified atom stereocenters. The summed E-state index contributed by atoms with van der Waals surface area (Å²) in [6.45, 7) is 2.55. The first-order chi connectivity index (χ1) is 7.37. The van der Waals surface area contributed by atoms with Crippen molar-refractivity contribution >= 4 is 16.0 Å². The third-order valence-corrected chi connectivity index (χ3v) is 2.86. The molecule has 16 heavy (non-hydrogen) atoms. The lowest BCUT2D eigenvalue weighted by Gasteiger charge is -2.08. The lowest BCUT2D eigenvalue weighted by Crippen LogP contribution is -2.37. The summed E-state index contributed by atoms with van der Waals surface area (Å²) in [5.41, 5.74) is 0. The number of carbonyl (C=O) groups is 1. The summed E-state index contributed by atoms with van der Waals surface area (Å²) in [5, 5.41) is 11.7. The average molecular weight is 254 g/mol. The second kappa shape index (κ2) is 7.55. The molecule has 0 aromatic carbocycles. The molecular formula is C8H18N2O5S. The van der Waals surface area contributed by atoms with Gasteiger partial charge >= 0.3 is 5.97 Å². The van der Waals surface area contributed by atoms with Crippen LogP contribution in [0.1, 0.15) is 6.92 Å². The van der Waals surface area contributed by atoms with Crippen molar-refractivity contribution in [2.24, 2.45) is 0 Å². The van der Waals surface area contributed by atoms with Gasteiger partial charge in [-0.2, -0.15) is 0 Å². The number of aliphatic hydroxyl groups is 1. The van der Waals surface area contributed by atoms with Crippen molar-refractivity contribution < 1.29 is 23.1 Å². The van der Waals surface area contributed by atoms with Crippen molar-refractivity contribution in [1.29, 1.82) is 0 Å². The predicted octanol–water partition coefficient (Wildman–Crippen LogP) is -1.95. The first-order valence-electron chi connectivity index (χ1n) is 4.80. The molecule has 0 radical (unpaired) electrons. The van der Waals surface area contributed by atoms with Gasteiger partial charge in [-0.25, -0.2) is 13.1 Å². The highest BCUT2D eigenvalue weighted by molar-refractivity contribution is 7.90. The molecule has 3 N–H and O–H groups in total. The van der Waals surface area contributed by atoms with E-state index in [-0.39, 0.29) is 6.54 Å². The zero-order chi connectivity index (χ0) is 12.6. The van der Waals surface area contributed by atoms with Crippen molar-refractivity contribution in [3.63, 3.8) is 0 Å². The van der Waals surface area contributed by atoms with Crippen LogP contribution in [0.2, 0.25) is 0 Å². The minimum atomic E-state index is -3.62. The third-order valence-electron chi connectivity index (χ3n) is 1.60. The van der Waals surface area contributed by atoms with Gasteiger partial charge in [0, 0.05) is 19.6 Å². The van der Waals surface area contributed by atoms with Gasteiger partial charge in [0.1, 0.15) is 0 Å². The van der Waals surface area contributed by atoms with Crippen LogP contribution in [0.25, 0.3) is 0 Å². The topological polar surface area (TPSA) is 105 Å². The van der Waals surface area contributed by atoms with Gasteiger partial charge in [-0.05, 0) is 6.92 Å². The summed E-state index contributed by atoms with van der Waals surface area (Å²) >= 11 is 0. The maximum atomic E-state index is 11.2. The highest BCUT2D eigenvalue weighted by atomic mass is 32.2. The van der Waals surface area contributed by atoms with E-state index >= 15 is 0 Å². The van der Waals surface area contributed by atoms with E-state index in [1.807, 2.05) is 0 Å². The highest BCUT2D eigenvalue weighted by Crippen LogP contribution is 1.85. The largest absolute Gasteiger partial charge is 0.468 e. The molecule has 0 rings (SSSR count). The fourth-order valence-electron chi connectivity index (χ4n) is 0.871. The Bertz CT molecular complexity index is 302. The molecule has 0 amide bonds. The van der Waals surface area contributed by atoms with Gasteiger partial charge in [0.25, 0.3) is 0 Å². The Kier molecular flexibility index (Phi) is 7.22. The predicted molar refractivity (Wildman–Crippen MR) is 58.4 cm³/mol. The molecule has 8 heteroatoms. The number of hydrogen-bond acceptors (Lipinski definition) is 6. The van der Waals surface area contributed by atoms with Crippen LogP contribution in [0.4, 0.5) is 0 Å². The molecule has 0 aliphatic heterocycles. The van der Waals surface area contributed by atoms with Gasteiger partial charge in [-0.15, -0.1) is 0 Å². The molecule has 7 nitrogen and oxygen atoms in total. The summed E-state index contributed by atoms with van der Waals surface area (Å²) in [7, 11) is -2.49. The van der Waals surface area contributed by atoms with Crippen LogP contribution in [-0.4, -0.2) is 58.1 Å². The third kappa shape index (κ3) is 8.60. The van der Waals surface area contributed by atoms with Crippen LogP contribution < -0.4 is 10.0 Å². The van der Waals surface area contributed by atoms with Crippen LogP contribution in [0.3, 0.4) is 0 Å². The van der Waals surface area contributed by atoms with Crippen molar-refractivity contribution in [3.8, 4) is 0 Å². The Morgan fingerprint density at radius 1 is 1.44 bits per heavy atom. The molecular weight excluding hydrogens is 236 g/mol. The number of carbonyl (C=O) groups excluding carboxylic acids is 1. The molecule has 0 aromatic rings. The van der Waals surface area contributed by atoms with E-state index < -0.39 is 27.8 Å². The van der Waals surface area contributed by atoms with E-state index in [2.05, 4.69) is 14.8 Å². The molecule has 0 spiro atoms. The molecule has 0 fully saturated rings. The summed E-state index contributed by atoms with van der Waals surface area (Å²) in [5.74, 6) is -1.48. The van der Waals surface area contributed by atoms with E-state index in [1.54, 1.807) is 6.92 Å². The second-order valence-corrected chi connectivity index (χ2v) is 5.09. The first-order valence-corrected chi connectivity index (χ1v) is 6.45. The number of rotatable bonds is 8. The van der Waals surface area contributed by atoms with Gasteiger partial charge < -0.3 is 15.2 Å². The van der Waals surface area contributed by atoms with Gasteiger partial charge in [0.15, 0.2) is 5.75 Å². The van der Waals surface area contributed by atoms with Crippen molar-refractivity contribution in [3.05, 3.63) is 0 Å². The molecule has 0 aliphatic rings. The van der Waals surface area contributed by atoms with Crippen LogP contribution in [0, 0.1) is 0 Å². The lowest BCUT2D eigenvalue weighted by atomic mass is 10.4. The number of esters is 1. The summed E-state index contributed by atoms with van der Waals surface area (Å²) in [4.78, 5) is 10.7. The van der Waals surface area contributed by atoms with E-state index in [9.17, 15) is 13.2 Å². The molecule has 1 atom stereocenters. The summed E-state index contributed by atoms with van der Waals surface area (Å²) in [6.07, 6.45) is -0.480. The first kappa shape index (κ1) is 15.3. The standard InChI is InChI=1S/C8H18N2O5S/c1-7(11)5-9-3-4-10-16(13,14)6-8(12)15-2/h7,9-11H,3-6H2,1-2H3. The van der Waals surface area contributed by atoms with Gasteiger partial charge in [-0.1, -0.05) is 0 Å². The van der Waals surface area contributed by atoms with E-state index in [1.165, 1.54) is 0 Å². The van der Waals surface area contributed by atoms with Crippen molar-refractivity contribution in [2.75, 3.05) is 32.5 Å². The smallest absolute Gasteiger partial charge is 0.322 e. The van der Waals surface area contributed by atoms with Gasteiger partial charge in [0.2, 0.25) is 10.0 Å². The zero-order valence-corrected chi connectivity index (χ0v) is 10.2. The molecule has 0 saturated carbocycles. The van der Waals surface area contributed by atoms with E-state index in [0.717, 1.165) is 7.11 Å². The van der Waals surface area contributed by atoms with Crippen molar-refractivity contribution in [1.82, 2.24) is 10.0 Å². The minimum absolute atomic E-state index is 0.159. The van der Waals surface area contributed by atoms with E-state index in [4.69, 9.17) is 5.11 Å². The number of methoxy groups -OCH3 is 1. The van der Waals surface area contributed by atoms with Crippen LogP contribution in [0.15, 0.2) is 0 Å². The van der Waals surface area contributed by atoms with Gasteiger partial charge in [-0.3, -0.25) is 4.79 Å². The highest BCUT2D eigenvalue weighted by Gasteiger charge is 2.15. The molecule has 96 valence electrons. The number of sulfonamides is 1. The van der Waals surface area contributed by atoms with Crippen molar-refractivity contribution in [2.45, 2.75) is 13.0 Å².